The number of hydrogen-bond donors (Lipinski definition) is 2. The zero-order valence-electron chi connectivity index (χ0n) is 13.1. The van der Waals surface area contributed by atoms with E-state index in [1.807, 2.05) is 12.1 Å². The van der Waals surface area contributed by atoms with Crippen LogP contribution in [0.2, 0.25) is 0 Å². The summed E-state index contributed by atoms with van der Waals surface area (Å²) in [6, 6.07) is 5.01. The van der Waals surface area contributed by atoms with Crippen LogP contribution >= 0.6 is 24.0 Å². The van der Waals surface area contributed by atoms with Crippen LogP contribution in [0.3, 0.4) is 0 Å². The maximum absolute atomic E-state index is 5.31. The molecule has 0 radical (unpaired) electrons. The van der Waals surface area contributed by atoms with Crippen molar-refractivity contribution in [3.05, 3.63) is 24.2 Å². The number of hydrogen-bond acceptors (Lipinski definition) is 3. The molecule has 0 unspecified atom stereocenters. The molecule has 0 amide bonds. The van der Waals surface area contributed by atoms with E-state index in [4.69, 9.17) is 4.42 Å². The van der Waals surface area contributed by atoms with Crippen molar-refractivity contribution in [2.45, 2.75) is 45.3 Å². The van der Waals surface area contributed by atoms with E-state index < -0.39 is 0 Å². The number of nitrogens with zero attached hydrogens (tertiary/aromatic N) is 2. The number of rotatable bonds is 4. The SMILES string of the molecule is CN=C(NCc1ccco1)NC1CCN(C(C)C)CC1.I. The Labute approximate surface area is 144 Å². The first-order valence-electron chi connectivity index (χ1n) is 7.42. The summed E-state index contributed by atoms with van der Waals surface area (Å²) in [5, 5.41) is 6.78. The summed E-state index contributed by atoms with van der Waals surface area (Å²) in [4.78, 5) is 6.80. The van der Waals surface area contributed by atoms with Gasteiger partial charge in [0.05, 0.1) is 12.8 Å². The number of nitrogens with one attached hydrogen (secondary N) is 2. The zero-order chi connectivity index (χ0) is 14.4. The van der Waals surface area contributed by atoms with Gasteiger partial charge in [-0.2, -0.15) is 0 Å². The van der Waals surface area contributed by atoms with Crippen LogP contribution in [0.4, 0.5) is 0 Å². The number of furan rings is 1. The van der Waals surface area contributed by atoms with E-state index in [0.29, 0.717) is 18.6 Å². The van der Waals surface area contributed by atoms with Gasteiger partial charge in [-0.1, -0.05) is 0 Å². The number of likely N-dealkylation sites (tertiary alicyclic amines) is 1. The topological polar surface area (TPSA) is 52.8 Å². The maximum atomic E-state index is 5.31. The molecular weight excluding hydrogens is 379 g/mol. The Hall–Kier alpha value is -0.760. The summed E-state index contributed by atoms with van der Waals surface area (Å²) in [7, 11) is 1.81. The second-order valence-electron chi connectivity index (χ2n) is 5.55. The van der Waals surface area contributed by atoms with E-state index in [1.165, 1.54) is 12.8 Å². The van der Waals surface area contributed by atoms with Crippen LogP contribution in [0, 0.1) is 0 Å². The third-order valence-corrected chi connectivity index (χ3v) is 3.83. The fraction of sp³-hybridized carbons (Fsp3) is 0.667. The third-order valence-electron chi connectivity index (χ3n) is 3.83. The van der Waals surface area contributed by atoms with Gasteiger partial charge in [0.25, 0.3) is 0 Å². The molecule has 0 saturated carbocycles. The molecule has 0 atom stereocenters. The molecule has 1 aliphatic rings. The van der Waals surface area contributed by atoms with Gasteiger partial charge in [-0.25, -0.2) is 0 Å². The average Bonchev–Trinajstić information content (AvgIpc) is 2.97. The predicted molar refractivity (Wildman–Crippen MR) is 97.2 cm³/mol. The van der Waals surface area contributed by atoms with Crippen molar-refractivity contribution in [3.63, 3.8) is 0 Å². The van der Waals surface area contributed by atoms with Crippen LogP contribution in [0.5, 0.6) is 0 Å². The molecule has 2 N–H and O–H groups in total. The number of guanidine groups is 1. The monoisotopic (exact) mass is 406 g/mol. The van der Waals surface area contributed by atoms with Crippen LogP contribution in [-0.2, 0) is 6.54 Å². The first kappa shape index (κ1) is 18.3. The highest BCUT2D eigenvalue weighted by atomic mass is 127. The van der Waals surface area contributed by atoms with Crippen LogP contribution in [0.15, 0.2) is 27.8 Å². The summed E-state index contributed by atoms with van der Waals surface area (Å²) >= 11 is 0. The van der Waals surface area contributed by atoms with Gasteiger partial charge in [-0.3, -0.25) is 4.99 Å². The molecule has 1 aliphatic heterocycles. The van der Waals surface area contributed by atoms with Gasteiger partial charge in [0.15, 0.2) is 5.96 Å². The highest BCUT2D eigenvalue weighted by Gasteiger charge is 2.21. The minimum absolute atomic E-state index is 0. The molecule has 2 heterocycles. The Balaban J connectivity index is 0.00000220. The molecule has 1 aromatic heterocycles. The van der Waals surface area contributed by atoms with Gasteiger partial charge in [0, 0.05) is 32.2 Å². The lowest BCUT2D eigenvalue weighted by Gasteiger charge is -2.35. The van der Waals surface area contributed by atoms with E-state index in [1.54, 1.807) is 13.3 Å². The molecule has 0 bridgehead atoms. The summed E-state index contributed by atoms with van der Waals surface area (Å²) in [5.74, 6) is 1.77. The number of aliphatic imine (C=N–C) groups is 1. The molecule has 120 valence electrons. The smallest absolute Gasteiger partial charge is 0.191 e. The minimum Gasteiger partial charge on any atom is -0.467 e. The summed E-state index contributed by atoms with van der Waals surface area (Å²) in [6.45, 7) is 7.50. The molecule has 0 aliphatic carbocycles. The summed E-state index contributed by atoms with van der Waals surface area (Å²) in [6.07, 6.45) is 4.02. The van der Waals surface area contributed by atoms with Gasteiger partial charge in [0.1, 0.15) is 5.76 Å². The fourth-order valence-corrected chi connectivity index (χ4v) is 2.53. The summed E-state index contributed by atoms with van der Waals surface area (Å²) in [5.41, 5.74) is 0. The van der Waals surface area contributed by atoms with Crippen molar-refractivity contribution in [2.75, 3.05) is 20.1 Å². The number of piperidine rings is 1. The number of halogens is 1. The van der Waals surface area contributed by atoms with E-state index >= 15 is 0 Å². The Morgan fingerprint density at radius 2 is 2.14 bits per heavy atom. The lowest BCUT2D eigenvalue weighted by Crippen LogP contribution is -2.49. The quantitative estimate of drug-likeness (QED) is 0.458. The van der Waals surface area contributed by atoms with Crippen LogP contribution < -0.4 is 10.6 Å². The second kappa shape index (κ2) is 9.30. The van der Waals surface area contributed by atoms with Gasteiger partial charge in [-0.05, 0) is 38.8 Å². The van der Waals surface area contributed by atoms with Crippen LogP contribution in [-0.4, -0.2) is 43.1 Å². The average molecular weight is 406 g/mol. The second-order valence-corrected chi connectivity index (χ2v) is 5.55. The molecule has 6 heteroatoms. The molecule has 1 saturated heterocycles. The van der Waals surface area contributed by atoms with E-state index in [9.17, 15) is 0 Å². The van der Waals surface area contributed by atoms with Crippen LogP contribution in [0.1, 0.15) is 32.4 Å². The Morgan fingerprint density at radius 1 is 1.43 bits per heavy atom. The first-order valence-corrected chi connectivity index (χ1v) is 7.42. The fourth-order valence-electron chi connectivity index (χ4n) is 2.53. The van der Waals surface area contributed by atoms with Crippen molar-refractivity contribution < 1.29 is 4.42 Å². The van der Waals surface area contributed by atoms with Gasteiger partial charge in [-0.15, -0.1) is 24.0 Å². The van der Waals surface area contributed by atoms with E-state index in [0.717, 1.165) is 24.8 Å². The molecule has 2 rings (SSSR count). The molecule has 0 aromatic carbocycles. The van der Waals surface area contributed by atoms with Gasteiger partial charge >= 0.3 is 0 Å². The molecule has 0 spiro atoms. The Kier molecular flexibility index (Phi) is 8.10. The van der Waals surface area contributed by atoms with Crippen LogP contribution in [0.25, 0.3) is 0 Å². The Bertz CT molecular complexity index is 411. The lowest BCUT2D eigenvalue weighted by molar-refractivity contribution is 0.167. The lowest BCUT2D eigenvalue weighted by atomic mass is 10.0. The van der Waals surface area contributed by atoms with Crippen molar-refractivity contribution in [1.82, 2.24) is 15.5 Å². The first-order chi connectivity index (χ1) is 9.69. The normalized spacial score (nSPS) is 17.6. The molecule has 1 aromatic rings. The standard InChI is InChI=1S/C15H26N4O.HI/c1-12(2)19-8-6-13(7-9-19)18-15(16-3)17-11-14-5-4-10-20-14;/h4-5,10,12-13H,6-9,11H2,1-3H3,(H2,16,17,18);1H. The molecular formula is C15H27IN4O. The molecule has 21 heavy (non-hydrogen) atoms. The molecule has 1 fully saturated rings. The molecule has 5 nitrogen and oxygen atoms in total. The predicted octanol–water partition coefficient (Wildman–Crippen LogP) is 2.44. The Morgan fingerprint density at radius 3 is 2.67 bits per heavy atom. The van der Waals surface area contributed by atoms with E-state index in [2.05, 4.69) is 34.4 Å². The largest absolute Gasteiger partial charge is 0.467 e. The zero-order valence-corrected chi connectivity index (χ0v) is 15.5. The van der Waals surface area contributed by atoms with E-state index in [-0.39, 0.29) is 24.0 Å². The summed E-state index contributed by atoms with van der Waals surface area (Å²) < 4.78 is 5.31. The maximum Gasteiger partial charge on any atom is 0.191 e. The van der Waals surface area contributed by atoms with Crippen molar-refractivity contribution in [3.8, 4) is 0 Å². The highest BCUT2D eigenvalue weighted by Crippen LogP contribution is 2.12. The van der Waals surface area contributed by atoms with Gasteiger partial charge in [0.2, 0.25) is 0 Å². The van der Waals surface area contributed by atoms with Gasteiger partial charge < -0.3 is 20.0 Å². The highest BCUT2D eigenvalue weighted by molar-refractivity contribution is 14.0. The van der Waals surface area contributed by atoms with Crippen molar-refractivity contribution in [2.24, 2.45) is 4.99 Å². The third kappa shape index (κ3) is 5.86. The minimum atomic E-state index is 0. The van der Waals surface area contributed by atoms with Crippen molar-refractivity contribution >= 4 is 29.9 Å². The van der Waals surface area contributed by atoms with Crippen molar-refractivity contribution in [1.29, 1.82) is 0 Å².